The van der Waals surface area contributed by atoms with Crippen molar-refractivity contribution < 1.29 is 48.0 Å². The van der Waals surface area contributed by atoms with Crippen molar-refractivity contribution in [2.24, 2.45) is 0 Å². The first kappa shape index (κ1) is 38.5. The third-order valence-electron chi connectivity index (χ3n) is 5.00. The van der Waals surface area contributed by atoms with Gasteiger partial charge in [-0.3, -0.25) is 20.2 Å². The molecule has 0 radical (unpaired) electrons. The Balaban J connectivity index is 4.58. The second kappa shape index (κ2) is 12.5. The van der Waals surface area contributed by atoms with Crippen molar-refractivity contribution in [3.63, 3.8) is 0 Å². The van der Waals surface area contributed by atoms with E-state index < -0.39 is 84.8 Å². The van der Waals surface area contributed by atoms with Gasteiger partial charge in [-0.25, -0.2) is 24.2 Å². The zero-order valence-corrected chi connectivity index (χ0v) is 28.1. The normalized spacial score (nSPS) is 12.9. The van der Waals surface area contributed by atoms with Crippen LogP contribution in [-0.2, 0) is 49.2 Å². The number of hydrogen-bond acceptors (Lipinski definition) is 16. The molecule has 1 aromatic rings. The molecular weight excluding hydrogens is 600 g/mol. The van der Waals surface area contributed by atoms with Crippen LogP contribution in [0.25, 0.3) is 0 Å². The lowest BCUT2D eigenvalue weighted by Gasteiger charge is -2.30. The van der Waals surface area contributed by atoms with E-state index in [1.54, 1.807) is 0 Å². The number of carbonyl (C=O) groups excluding carboxylic acids is 4. The van der Waals surface area contributed by atoms with Crippen molar-refractivity contribution in [1.29, 1.82) is 0 Å². The average Bonchev–Trinajstić information content (AvgIpc) is 2.74. The van der Waals surface area contributed by atoms with Crippen LogP contribution >= 0.6 is 0 Å². The van der Waals surface area contributed by atoms with Crippen molar-refractivity contribution in [3.05, 3.63) is 31.9 Å². The van der Waals surface area contributed by atoms with Crippen molar-refractivity contribution in [2.75, 3.05) is 19.0 Å². The maximum atomic E-state index is 13.7. The summed E-state index contributed by atoms with van der Waals surface area (Å²) in [5.74, 6) is -10.6. The maximum Gasteiger partial charge on any atom is 0.468 e. The molecule has 1 aromatic heterocycles. The fourth-order valence-electron chi connectivity index (χ4n) is 3.29. The van der Waals surface area contributed by atoms with Crippen LogP contribution in [0.1, 0.15) is 94.7 Å². The topological polar surface area (TPSA) is 233 Å². The monoisotopic (exact) mass is 642 g/mol. The first-order valence-electron chi connectivity index (χ1n) is 13.6. The number of hydrogen-bond donors (Lipinski definition) is 0. The van der Waals surface area contributed by atoms with Crippen LogP contribution in [0.3, 0.4) is 0 Å². The quantitative estimate of drug-likeness (QED) is 0.123. The van der Waals surface area contributed by atoms with Crippen LogP contribution in [0.5, 0.6) is 0 Å². The SMILES string of the molecule is CN(C)c1nc(C(C(=O)OC(C)(C)C)(C(=O)OC(C)(C)C)[N+](=O)[O-])nc(C(C(=O)OC(C)(C)C)(C(=O)OC(C)(C)C)[N+](=O)[O-])n1. The summed E-state index contributed by atoms with van der Waals surface area (Å²) in [4.78, 5) is 90.3. The molecule has 0 aromatic carbocycles. The highest BCUT2D eigenvalue weighted by atomic mass is 16.7. The Morgan fingerprint density at radius 2 is 0.756 bits per heavy atom. The van der Waals surface area contributed by atoms with Gasteiger partial charge in [0.25, 0.3) is 0 Å². The molecule has 0 saturated carbocycles. The number of rotatable bonds is 9. The molecule has 18 heteroatoms. The first-order valence-corrected chi connectivity index (χ1v) is 13.6. The number of esters is 4. The van der Waals surface area contributed by atoms with Crippen LogP contribution in [0.15, 0.2) is 0 Å². The van der Waals surface area contributed by atoms with Gasteiger partial charge < -0.3 is 23.8 Å². The molecule has 0 aliphatic heterocycles. The third-order valence-corrected chi connectivity index (χ3v) is 5.00. The van der Waals surface area contributed by atoms with E-state index in [4.69, 9.17) is 18.9 Å². The summed E-state index contributed by atoms with van der Waals surface area (Å²) in [5, 5.41) is 25.7. The molecule has 18 nitrogen and oxygen atoms in total. The summed E-state index contributed by atoms with van der Waals surface area (Å²) in [6.07, 6.45) is 0. The molecule has 0 aliphatic carbocycles. The highest BCUT2D eigenvalue weighted by Gasteiger charge is 2.71. The minimum atomic E-state index is -3.73. The number of aromatic nitrogens is 3. The summed E-state index contributed by atoms with van der Waals surface area (Å²) >= 11 is 0. The van der Waals surface area contributed by atoms with Gasteiger partial charge in [0.05, 0.1) is 9.85 Å². The molecular formula is C27H42N6O12. The van der Waals surface area contributed by atoms with Gasteiger partial charge in [-0.05, 0) is 83.1 Å². The Morgan fingerprint density at radius 3 is 0.911 bits per heavy atom. The Bertz CT molecular complexity index is 1210. The highest BCUT2D eigenvalue weighted by Crippen LogP contribution is 2.35. The van der Waals surface area contributed by atoms with E-state index in [1.807, 2.05) is 0 Å². The molecule has 0 bridgehead atoms. The molecule has 0 saturated heterocycles. The predicted octanol–water partition coefficient (Wildman–Crippen LogP) is 2.25. The molecule has 0 unspecified atom stereocenters. The molecule has 0 atom stereocenters. The van der Waals surface area contributed by atoms with Crippen LogP contribution in [0, 0.1) is 20.2 Å². The number of anilines is 1. The summed E-state index contributed by atoms with van der Waals surface area (Å²) < 4.78 is 21.0. The predicted molar refractivity (Wildman–Crippen MR) is 155 cm³/mol. The van der Waals surface area contributed by atoms with E-state index in [-0.39, 0.29) is 0 Å². The average molecular weight is 643 g/mol. The Kier molecular flexibility index (Phi) is 10.7. The van der Waals surface area contributed by atoms with Crippen LogP contribution in [0.2, 0.25) is 0 Å². The van der Waals surface area contributed by atoms with Crippen LogP contribution in [0.4, 0.5) is 5.95 Å². The minimum absolute atomic E-state index is 0.633. The molecule has 0 spiro atoms. The third kappa shape index (κ3) is 8.78. The number of nitrogens with zero attached hydrogens (tertiary/aromatic N) is 6. The van der Waals surface area contributed by atoms with Gasteiger partial charge in [-0.15, -0.1) is 0 Å². The van der Waals surface area contributed by atoms with Crippen LogP contribution in [-0.4, -0.2) is 85.2 Å². The van der Waals surface area contributed by atoms with E-state index in [0.717, 1.165) is 4.90 Å². The van der Waals surface area contributed by atoms with Gasteiger partial charge >= 0.3 is 35.0 Å². The van der Waals surface area contributed by atoms with Gasteiger partial charge in [0.1, 0.15) is 22.4 Å². The summed E-state index contributed by atoms with van der Waals surface area (Å²) in [5.41, 5.74) is -13.1. The van der Waals surface area contributed by atoms with E-state index >= 15 is 0 Å². The van der Waals surface area contributed by atoms with E-state index in [2.05, 4.69) is 15.0 Å². The van der Waals surface area contributed by atoms with E-state index in [0.29, 0.717) is 0 Å². The van der Waals surface area contributed by atoms with Gasteiger partial charge in [0.2, 0.25) is 17.6 Å². The lowest BCUT2D eigenvalue weighted by molar-refractivity contribution is -0.555. The number of ether oxygens (including phenoxy) is 4. The Labute approximate surface area is 260 Å². The minimum Gasteiger partial charge on any atom is -0.454 e. The molecule has 0 fully saturated rings. The van der Waals surface area contributed by atoms with Gasteiger partial charge in [0, 0.05) is 14.1 Å². The van der Waals surface area contributed by atoms with Gasteiger partial charge in [-0.2, -0.15) is 9.97 Å². The zero-order valence-electron chi connectivity index (χ0n) is 28.1. The molecule has 0 amide bonds. The standard InChI is InChI=1S/C27H42N6O12/c1-22(2,3)42-17(34)26(32(38)39,18(35)43-23(4,5)6)15-28-16(30-21(29-15)31(13)14)27(33(40)41,19(36)44-24(7,8)9)20(37)45-25(10,11)12/h1-14H3. The van der Waals surface area contributed by atoms with Gasteiger partial charge in [0.15, 0.2) is 0 Å². The van der Waals surface area contributed by atoms with Crippen molar-refractivity contribution in [3.8, 4) is 0 Å². The fraction of sp³-hybridized carbons (Fsp3) is 0.741. The highest BCUT2D eigenvalue weighted by molar-refractivity contribution is 6.05. The maximum absolute atomic E-state index is 13.7. The lowest BCUT2D eigenvalue weighted by Crippen LogP contribution is -2.58. The van der Waals surface area contributed by atoms with Crippen molar-refractivity contribution >= 4 is 29.8 Å². The van der Waals surface area contributed by atoms with Crippen molar-refractivity contribution in [1.82, 2.24) is 15.0 Å². The summed E-state index contributed by atoms with van der Waals surface area (Å²) in [7, 11) is 2.60. The van der Waals surface area contributed by atoms with Crippen molar-refractivity contribution in [2.45, 2.75) is 117 Å². The smallest absolute Gasteiger partial charge is 0.454 e. The molecule has 0 N–H and O–H groups in total. The summed E-state index contributed by atoms with van der Waals surface area (Å²) in [6.45, 7) is 16.3. The molecule has 1 rings (SSSR count). The van der Waals surface area contributed by atoms with Gasteiger partial charge in [-0.1, -0.05) is 0 Å². The lowest BCUT2D eigenvalue weighted by atomic mass is 9.95. The Hall–Kier alpha value is -4.51. The number of nitro groups is 2. The zero-order chi connectivity index (χ0) is 35.7. The largest absolute Gasteiger partial charge is 0.468 e. The second-order valence-corrected chi connectivity index (χ2v) is 14.1. The molecule has 1 heterocycles. The van der Waals surface area contributed by atoms with Crippen LogP contribution < -0.4 is 4.90 Å². The summed E-state index contributed by atoms with van der Waals surface area (Å²) in [6, 6.07) is 0. The second-order valence-electron chi connectivity index (χ2n) is 14.1. The fourth-order valence-corrected chi connectivity index (χ4v) is 3.29. The first-order chi connectivity index (χ1) is 19.9. The molecule has 0 aliphatic rings. The number of carbonyl (C=O) groups is 4. The van der Waals surface area contributed by atoms with E-state index in [9.17, 15) is 39.4 Å². The Morgan fingerprint density at radius 1 is 0.533 bits per heavy atom. The molecule has 252 valence electrons. The molecule has 45 heavy (non-hydrogen) atoms. The van der Waals surface area contributed by atoms with E-state index in [1.165, 1.54) is 97.2 Å².